The van der Waals surface area contributed by atoms with Crippen LogP contribution in [0.5, 0.6) is 0 Å². The molecule has 0 bridgehead atoms. The molecule has 0 saturated carbocycles. The number of hydrogen-bond acceptors (Lipinski definition) is 5. The summed E-state index contributed by atoms with van der Waals surface area (Å²) in [6, 6.07) is 13.2. The lowest BCUT2D eigenvalue weighted by molar-refractivity contribution is -0.115. The molecule has 0 aliphatic rings. The summed E-state index contributed by atoms with van der Waals surface area (Å²) in [5.41, 5.74) is 4.40. The van der Waals surface area contributed by atoms with E-state index in [4.69, 9.17) is 8.83 Å². The van der Waals surface area contributed by atoms with E-state index in [0.29, 0.717) is 22.4 Å². The van der Waals surface area contributed by atoms with E-state index in [2.05, 4.69) is 15.3 Å². The van der Waals surface area contributed by atoms with Crippen molar-refractivity contribution in [3.63, 3.8) is 0 Å². The molecule has 4 rings (SSSR count). The average Bonchev–Trinajstić information content (AvgIpc) is 3.46. The molecule has 1 amide bonds. The Morgan fingerprint density at radius 3 is 2.48 bits per heavy atom. The fraction of sp³-hybridized carbons (Fsp3) is 0.182. The third kappa shape index (κ3) is 4.00. The van der Waals surface area contributed by atoms with Crippen LogP contribution in [0, 0.1) is 13.8 Å². The number of amides is 1. The molecule has 29 heavy (non-hydrogen) atoms. The molecule has 1 aromatic carbocycles. The molecule has 0 saturated heterocycles. The second kappa shape index (κ2) is 8.05. The summed E-state index contributed by atoms with van der Waals surface area (Å²) in [6.07, 6.45) is 3.21. The van der Waals surface area contributed by atoms with Gasteiger partial charge in [-0.25, -0.2) is 4.98 Å². The summed E-state index contributed by atoms with van der Waals surface area (Å²) >= 11 is 1.35. The van der Waals surface area contributed by atoms with E-state index in [9.17, 15) is 4.79 Å². The van der Waals surface area contributed by atoms with Crippen LogP contribution in [0.25, 0.3) is 22.9 Å². The van der Waals surface area contributed by atoms with Crippen LogP contribution in [0.3, 0.4) is 0 Å². The van der Waals surface area contributed by atoms with Gasteiger partial charge in [0.05, 0.1) is 17.8 Å². The summed E-state index contributed by atoms with van der Waals surface area (Å²) in [5, 5.41) is 3.27. The molecular weight excluding hydrogens is 386 g/mol. The standard InChI is InChI=1S/C22H21N3O3S/c1-13-7-4-8-16(14(13)2)23-21(26)15(3)29-22-24-19(17-9-5-11-27-17)20(25-22)18-10-6-12-28-18/h4-12,15H,1-3H3,(H,23,26)(H,24,25). The molecule has 148 valence electrons. The average molecular weight is 407 g/mol. The van der Waals surface area contributed by atoms with Gasteiger partial charge in [0.1, 0.15) is 11.4 Å². The maximum absolute atomic E-state index is 12.7. The highest BCUT2D eigenvalue weighted by Crippen LogP contribution is 2.34. The molecule has 3 heterocycles. The lowest BCUT2D eigenvalue weighted by Gasteiger charge is -2.13. The van der Waals surface area contributed by atoms with Crippen LogP contribution in [0.1, 0.15) is 18.1 Å². The van der Waals surface area contributed by atoms with Gasteiger partial charge in [0.25, 0.3) is 0 Å². The van der Waals surface area contributed by atoms with Gasteiger partial charge in [0.15, 0.2) is 16.7 Å². The SMILES string of the molecule is Cc1cccc(NC(=O)C(C)Sc2nc(-c3ccco3)c(-c3ccco3)[nH]2)c1C. The zero-order valence-electron chi connectivity index (χ0n) is 16.4. The van der Waals surface area contributed by atoms with E-state index in [1.165, 1.54) is 11.8 Å². The largest absolute Gasteiger partial charge is 0.463 e. The van der Waals surface area contributed by atoms with Crippen LogP contribution >= 0.6 is 11.8 Å². The molecule has 6 nitrogen and oxygen atoms in total. The van der Waals surface area contributed by atoms with Gasteiger partial charge in [-0.15, -0.1) is 0 Å². The molecule has 0 fully saturated rings. The molecule has 0 aliphatic carbocycles. The van der Waals surface area contributed by atoms with E-state index in [1.54, 1.807) is 12.5 Å². The third-order valence-corrected chi connectivity index (χ3v) is 5.71. The molecule has 0 aliphatic heterocycles. The second-order valence-electron chi connectivity index (χ2n) is 6.72. The van der Waals surface area contributed by atoms with Crippen LogP contribution in [-0.2, 0) is 4.79 Å². The number of nitrogens with zero attached hydrogens (tertiary/aromatic N) is 1. The summed E-state index contributed by atoms with van der Waals surface area (Å²) in [4.78, 5) is 20.6. The van der Waals surface area contributed by atoms with Crippen molar-refractivity contribution >= 4 is 23.4 Å². The van der Waals surface area contributed by atoms with E-state index < -0.39 is 0 Å². The number of aryl methyl sites for hydroxylation is 1. The number of aromatic amines is 1. The van der Waals surface area contributed by atoms with E-state index in [0.717, 1.165) is 22.5 Å². The predicted octanol–water partition coefficient (Wildman–Crippen LogP) is 5.67. The van der Waals surface area contributed by atoms with Crippen molar-refractivity contribution in [2.45, 2.75) is 31.2 Å². The van der Waals surface area contributed by atoms with E-state index >= 15 is 0 Å². The summed E-state index contributed by atoms with van der Waals surface area (Å²) in [6.45, 7) is 5.88. The minimum atomic E-state index is -0.352. The zero-order chi connectivity index (χ0) is 20.4. The topological polar surface area (TPSA) is 84.1 Å². The molecular formula is C22H21N3O3S. The smallest absolute Gasteiger partial charge is 0.237 e. The minimum Gasteiger partial charge on any atom is -0.463 e. The Balaban J connectivity index is 1.55. The Morgan fingerprint density at radius 1 is 1.07 bits per heavy atom. The van der Waals surface area contributed by atoms with Crippen molar-refractivity contribution < 1.29 is 13.6 Å². The molecule has 7 heteroatoms. The van der Waals surface area contributed by atoms with Gasteiger partial charge in [-0.2, -0.15) is 0 Å². The predicted molar refractivity (Wildman–Crippen MR) is 114 cm³/mol. The van der Waals surface area contributed by atoms with Crippen molar-refractivity contribution in [3.05, 3.63) is 66.1 Å². The summed E-state index contributed by atoms with van der Waals surface area (Å²) in [7, 11) is 0. The number of hydrogen-bond donors (Lipinski definition) is 2. The number of thioether (sulfide) groups is 1. The van der Waals surface area contributed by atoms with Crippen molar-refractivity contribution in [2.24, 2.45) is 0 Å². The van der Waals surface area contributed by atoms with Gasteiger partial charge in [-0.3, -0.25) is 4.79 Å². The molecule has 3 aromatic heterocycles. The summed E-state index contributed by atoms with van der Waals surface area (Å²) < 4.78 is 11.0. The first-order valence-corrected chi connectivity index (χ1v) is 10.1. The molecule has 0 spiro atoms. The first kappa shape index (κ1) is 19.1. The highest BCUT2D eigenvalue weighted by atomic mass is 32.2. The van der Waals surface area contributed by atoms with Crippen LogP contribution in [0.15, 0.2) is 69.0 Å². The number of rotatable bonds is 6. The number of furan rings is 2. The van der Waals surface area contributed by atoms with Crippen LogP contribution < -0.4 is 5.32 Å². The number of aromatic nitrogens is 2. The maximum atomic E-state index is 12.7. The molecule has 4 aromatic rings. The Labute approximate surface area is 172 Å². The van der Waals surface area contributed by atoms with Gasteiger partial charge in [0.2, 0.25) is 5.91 Å². The first-order valence-electron chi connectivity index (χ1n) is 9.24. The number of imidazole rings is 1. The quantitative estimate of drug-likeness (QED) is 0.403. The van der Waals surface area contributed by atoms with Crippen molar-refractivity contribution in [3.8, 4) is 22.9 Å². The van der Waals surface area contributed by atoms with Gasteiger partial charge < -0.3 is 19.1 Å². The minimum absolute atomic E-state index is 0.0841. The number of anilines is 1. The van der Waals surface area contributed by atoms with Crippen LogP contribution in [0.4, 0.5) is 5.69 Å². The van der Waals surface area contributed by atoms with Gasteiger partial charge >= 0.3 is 0 Å². The van der Waals surface area contributed by atoms with Crippen LogP contribution in [0.2, 0.25) is 0 Å². The van der Waals surface area contributed by atoms with E-state index in [-0.39, 0.29) is 11.2 Å². The van der Waals surface area contributed by atoms with E-state index in [1.807, 2.05) is 63.2 Å². The van der Waals surface area contributed by atoms with Crippen molar-refractivity contribution in [1.82, 2.24) is 9.97 Å². The van der Waals surface area contributed by atoms with Crippen molar-refractivity contribution in [1.29, 1.82) is 0 Å². The lowest BCUT2D eigenvalue weighted by Crippen LogP contribution is -2.23. The van der Waals surface area contributed by atoms with Gasteiger partial charge in [-0.1, -0.05) is 23.9 Å². The third-order valence-electron chi connectivity index (χ3n) is 4.72. The Bertz CT molecular complexity index is 1060. The fourth-order valence-corrected chi connectivity index (χ4v) is 3.75. The number of benzene rings is 1. The zero-order valence-corrected chi connectivity index (χ0v) is 17.2. The maximum Gasteiger partial charge on any atom is 0.237 e. The Hall–Kier alpha value is -3.19. The van der Waals surface area contributed by atoms with Crippen LogP contribution in [-0.4, -0.2) is 21.1 Å². The normalized spacial score (nSPS) is 12.1. The Kier molecular flexibility index (Phi) is 5.31. The lowest BCUT2D eigenvalue weighted by atomic mass is 10.1. The Morgan fingerprint density at radius 2 is 1.79 bits per heavy atom. The molecule has 2 N–H and O–H groups in total. The molecule has 1 unspecified atom stereocenters. The number of carbonyl (C=O) groups is 1. The second-order valence-corrected chi connectivity index (χ2v) is 8.05. The molecule has 1 atom stereocenters. The number of carbonyl (C=O) groups excluding carboxylic acids is 1. The van der Waals surface area contributed by atoms with Crippen molar-refractivity contribution in [2.75, 3.05) is 5.32 Å². The highest BCUT2D eigenvalue weighted by Gasteiger charge is 2.22. The first-order chi connectivity index (χ1) is 14.0. The highest BCUT2D eigenvalue weighted by molar-refractivity contribution is 8.00. The number of nitrogens with one attached hydrogen (secondary N) is 2. The fourth-order valence-electron chi connectivity index (χ4n) is 2.94. The monoisotopic (exact) mass is 407 g/mol. The van der Waals surface area contributed by atoms with Gasteiger partial charge in [0, 0.05) is 5.69 Å². The van der Waals surface area contributed by atoms with Gasteiger partial charge in [-0.05, 0) is 62.2 Å². The molecule has 0 radical (unpaired) electrons. The number of H-pyrrole nitrogens is 1. The summed E-state index contributed by atoms with van der Waals surface area (Å²) in [5.74, 6) is 1.20.